The molecule has 1 unspecified atom stereocenters. The van der Waals surface area contributed by atoms with Gasteiger partial charge in [-0.2, -0.15) is 0 Å². The maximum absolute atomic E-state index is 12.4. The van der Waals surface area contributed by atoms with Crippen LogP contribution in [0.3, 0.4) is 0 Å². The Morgan fingerprint density at radius 1 is 1.27 bits per heavy atom. The molecule has 1 aliphatic heterocycles. The van der Waals surface area contributed by atoms with Crippen LogP contribution in [-0.2, 0) is 0 Å². The van der Waals surface area contributed by atoms with Crippen LogP contribution >= 0.6 is 0 Å². The van der Waals surface area contributed by atoms with Crippen LogP contribution < -0.4 is 5.32 Å². The number of hydrogen-bond acceptors (Lipinski definition) is 3. The van der Waals surface area contributed by atoms with Crippen molar-refractivity contribution < 1.29 is 18.7 Å². The van der Waals surface area contributed by atoms with Gasteiger partial charge in [0.05, 0.1) is 12.6 Å². The zero-order valence-electron chi connectivity index (χ0n) is 13.8. The maximum Gasteiger partial charge on any atom is 0.317 e. The number of amides is 2. The Bertz CT molecular complexity index is 352. The second kappa shape index (κ2) is 8.62. The molecule has 1 saturated heterocycles. The first-order valence-electron chi connectivity index (χ1n) is 7.91. The molecule has 0 bridgehead atoms. The normalized spacial score (nSPS) is 19.1. The van der Waals surface area contributed by atoms with Gasteiger partial charge in [0.25, 0.3) is 6.43 Å². The second-order valence-corrected chi connectivity index (χ2v) is 6.91. The molecule has 0 aliphatic carbocycles. The second-order valence-electron chi connectivity index (χ2n) is 6.91. The molecule has 1 rings (SSSR count). The number of halogens is 2. The van der Waals surface area contributed by atoms with E-state index in [0.29, 0.717) is 45.6 Å². The Morgan fingerprint density at radius 2 is 1.95 bits per heavy atom. The molecule has 22 heavy (non-hydrogen) atoms. The van der Waals surface area contributed by atoms with E-state index in [4.69, 9.17) is 0 Å². The van der Waals surface area contributed by atoms with Crippen LogP contribution in [0.2, 0.25) is 0 Å². The minimum absolute atomic E-state index is 0.155. The number of alkyl halides is 2. The summed E-state index contributed by atoms with van der Waals surface area (Å²) in [5, 5.41) is 12.3. The van der Waals surface area contributed by atoms with E-state index in [1.807, 2.05) is 13.8 Å². The van der Waals surface area contributed by atoms with E-state index in [9.17, 15) is 18.7 Å². The fraction of sp³-hybridized carbons (Fsp3) is 0.933. The van der Waals surface area contributed by atoms with Gasteiger partial charge in [-0.15, -0.1) is 0 Å². The lowest BCUT2D eigenvalue weighted by atomic mass is 9.87. The van der Waals surface area contributed by atoms with E-state index in [-0.39, 0.29) is 18.0 Å². The minimum Gasteiger partial charge on any atom is -0.393 e. The molecule has 0 saturated carbocycles. The maximum atomic E-state index is 12.4. The first-order chi connectivity index (χ1) is 10.2. The van der Waals surface area contributed by atoms with Gasteiger partial charge in [-0.1, -0.05) is 13.8 Å². The molecule has 0 aromatic carbocycles. The number of rotatable bonds is 6. The zero-order chi connectivity index (χ0) is 16.8. The summed E-state index contributed by atoms with van der Waals surface area (Å²) in [6, 6.07) is -0.155. The topological polar surface area (TPSA) is 55.8 Å². The van der Waals surface area contributed by atoms with Gasteiger partial charge in [0, 0.05) is 32.7 Å². The number of urea groups is 1. The molecule has 0 spiro atoms. The summed E-state index contributed by atoms with van der Waals surface area (Å²) in [6.45, 7) is 8.11. The molecule has 1 fully saturated rings. The van der Waals surface area contributed by atoms with E-state index in [2.05, 4.69) is 5.32 Å². The summed E-state index contributed by atoms with van der Waals surface area (Å²) >= 11 is 0. The number of nitrogens with zero attached hydrogens (tertiary/aromatic N) is 2. The smallest absolute Gasteiger partial charge is 0.317 e. The van der Waals surface area contributed by atoms with E-state index < -0.39 is 12.5 Å². The lowest BCUT2D eigenvalue weighted by Gasteiger charge is -2.28. The van der Waals surface area contributed by atoms with Gasteiger partial charge in [0.2, 0.25) is 0 Å². The molecule has 0 aromatic heterocycles. The van der Waals surface area contributed by atoms with Gasteiger partial charge in [0.1, 0.15) is 0 Å². The van der Waals surface area contributed by atoms with Crippen molar-refractivity contribution in [2.45, 2.75) is 46.1 Å². The van der Waals surface area contributed by atoms with Crippen LogP contribution in [0.15, 0.2) is 0 Å². The summed E-state index contributed by atoms with van der Waals surface area (Å²) in [7, 11) is 0. The number of hydrogen-bond donors (Lipinski definition) is 2. The monoisotopic (exact) mass is 321 g/mol. The average molecular weight is 321 g/mol. The Kier molecular flexibility index (Phi) is 7.48. The number of carbonyl (C=O) groups is 1. The third-order valence-corrected chi connectivity index (χ3v) is 3.84. The quantitative estimate of drug-likeness (QED) is 0.784. The van der Waals surface area contributed by atoms with Gasteiger partial charge in [-0.05, 0) is 25.2 Å². The van der Waals surface area contributed by atoms with Crippen molar-refractivity contribution in [3.8, 4) is 0 Å². The molecule has 7 heteroatoms. The fourth-order valence-corrected chi connectivity index (χ4v) is 2.85. The van der Waals surface area contributed by atoms with E-state index in [1.165, 1.54) is 0 Å². The van der Waals surface area contributed by atoms with Gasteiger partial charge in [0.15, 0.2) is 0 Å². The molecule has 1 atom stereocenters. The summed E-state index contributed by atoms with van der Waals surface area (Å²) in [6.07, 6.45) is -1.43. The summed E-state index contributed by atoms with van der Waals surface area (Å²) in [4.78, 5) is 15.6. The highest BCUT2D eigenvalue weighted by Gasteiger charge is 2.24. The van der Waals surface area contributed by atoms with Crippen LogP contribution in [0.1, 0.15) is 33.6 Å². The van der Waals surface area contributed by atoms with E-state index in [0.717, 1.165) is 0 Å². The summed E-state index contributed by atoms with van der Waals surface area (Å²) < 4.78 is 24.8. The van der Waals surface area contributed by atoms with Gasteiger partial charge < -0.3 is 15.3 Å². The largest absolute Gasteiger partial charge is 0.393 e. The van der Waals surface area contributed by atoms with Gasteiger partial charge in [-0.25, -0.2) is 13.6 Å². The molecule has 0 aromatic rings. The number of carbonyl (C=O) groups excluding carboxylic acids is 1. The lowest BCUT2D eigenvalue weighted by Crippen LogP contribution is -2.45. The highest BCUT2D eigenvalue weighted by atomic mass is 19.3. The summed E-state index contributed by atoms with van der Waals surface area (Å²) in [5.74, 6) is 0. The molecule has 130 valence electrons. The highest BCUT2D eigenvalue weighted by Crippen LogP contribution is 2.21. The molecule has 1 aliphatic rings. The highest BCUT2D eigenvalue weighted by molar-refractivity contribution is 5.74. The van der Waals surface area contributed by atoms with Crippen LogP contribution in [-0.4, -0.2) is 72.7 Å². The van der Waals surface area contributed by atoms with Crippen LogP contribution in [0, 0.1) is 5.41 Å². The predicted octanol–water partition coefficient (Wildman–Crippen LogP) is 1.77. The van der Waals surface area contributed by atoms with Crippen LogP contribution in [0.25, 0.3) is 0 Å². The van der Waals surface area contributed by atoms with Crippen LogP contribution in [0.5, 0.6) is 0 Å². The Hall–Kier alpha value is -0.950. The molecular weight excluding hydrogens is 292 g/mol. The zero-order valence-corrected chi connectivity index (χ0v) is 13.8. The Labute approximate surface area is 131 Å². The minimum atomic E-state index is -2.33. The summed E-state index contributed by atoms with van der Waals surface area (Å²) in [5.41, 5.74) is -0.183. The number of aliphatic hydroxyl groups excluding tert-OH is 1. The van der Waals surface area contributed by atoms with Gasteiger partial charge >= 0.3 is 6.03 Å². The Balaban J connectivity index is 2.39. The van der Waals surface area contributed by atoms with E-state index >= 15 is 0 Å². The standard InChI is InChI=1S/C15H29F2N3O2/c1-12(21)9-15(2,3)11-18-14(22)20-6-4-5-19(7-8-20)10-13(16)17/h12-13,21H,4-11H2,1-3H3,(H,18,22). The van der Waals surface area contributed by atoms with Crippen molar-refractivity contribution in [3.05, 3.63) is 0 Å². The first kappa shape index (κ1) is 19.1. The van der Waals surface area contributed by atoms with Gasteiger partial charge in [-0.3, -0.25) is 4.90 Å². The van der Waals surface area contributed by atoms with Crippen molar-refractivity contribution in [3.63, 3.8) is 0 Å². The van der Waals surface area contributed by atoms with Crippen LogP contribution in [0.4, 0.5) is 13.6 Å². The molecule has 2 N–H and O–H groups in total. The molecule has 0 radical (unpaired) electrons. The van der Waals surface area contributed by atoms with Crippen molar-refractivity contribution in [1.29, 1.82) is 0 Å². The van der Waals surface area contributed by atoms with Crippen molar-refractivity contribution in [2.24, 2.45) is 5.41 Å². The molecule has 2 amide bonds. The number of nitrogens with one attached hydrogen (secondary N) is 1. The predicted molar refractivity (Wildman–Crippen MR) is 82.1 cm³/mol. The van der Waals surface area contributed by atoms with Crippen molar-refractivity contribution >= 4 is 6.03 Å². The average Bonchev–Trinajstić information content (AvgIpc) is 2.59. The first-order valence-corrected chi connectivity index (χ1v) is 7.91. The third-order valence-electron chi connectivity index (χ3n) is 3.84. The lowest BCUT2D eigenvalue weighted by molar-refractivity contribution is 0.0902. The molecule has 5 nitrogen and oxygen atoms in total. The van der Waals surface area contributed by atoms with Crippen molar-refractivity contribution in [1.82, 2.24) is 15.1 Å². The molecule has 1 heterocycles. The van der Waals surface area contributed by atoms with E-state index in [1.54, 1.807) is 16.7 Å². The van der Waals surface area contributed by atoms with Crippen molar-refractivity contribution in [2.75, 3.05) is 39.3 Å². The number of aliphatic hydroxyl groups is 1. The third kappa shape index (κ3) is 7.35. The molecular formula is C15H29F2N3O2. The fourth-order valence-electron chi connectivity index (χ4n) is 2.85. The SMILES string of the molecule is CC(O)CC(C)(C)CNC(=O)N1CCCN(CC(F)F)CC1. The Morgan fingerprint density at radius 3 is 2.55 bits per heavy atom.